The first-order chi connectivity index (χ1) is 9.20. The molecular formula is C16H24N2O. The summed E-state index contributed by atoms with van der Waals surface area (Å²) >= 11 is 0. The van der Waals surface area contributed by atoms with Crippen molar-refractivity contribution in [2.45, 2.75) is 32.6 Å². The van der Waals surface area contributed by atoms with E-state index >= 15 is 0 Å². The summed E-state index contributed by atoms with van der Waals surface area (Å²) in [5.74, 6) is 0.768. The Labute approximate surface area is 115 Å². The summed E-state index contributed by atoms with van der Waals surface area (Å²) < 4.78 is 0. The van der Waals surface area contributed by atoms with Gasteiger partial charge in [-0.2, -0.15) is 0 Å². The van der Waals surface area contributed by atoms with E-state index in [-0.39, 0.29) is 5.41 Å². The summed E-state index contributed by atoms with van der Waals surface area (Å²) in [6.07, 6.45) is 8.78. The standard InChI is InChI=1S/C16H24N2O/c1-3-9-18-12-13(2)16(15(18)19)8-6-7-14(16)17-10-4-5-11-17/h3,7,13H,1,4-6,8-12H2,2H3/t13-,16+/m0/s1. The average Bonchev–Trinajstić information content (AvgIpc) is 3.09. The zero-order valence-corrected chi connectivity index (χ0v) is 11.9. The highest BCUT2D eigenvalue weighted by Crippen LogP contribution is 2.52. The van der Waals surface area contributed by atoms with Gasteiger partial charge in [-0.05, 0) is 31.6 Å². The van der Waals surface area contributed by atoms with Crippen molar-refractivity contribution in [2.24, 2.45) is 11.3 Å². The fourth-order valence-corrected chi connectivity index (χ4v) is 4.21. The highest BCUT2D eigenvalue weighted by molar-refractivity contribution is 5.89. The van der Waals surface area contributed by atoms with E-state index in [1.807, 2.05) is 11.0 Å². The van der Waals surface area contributed by atoms with Crippen molar-refractivity contribution in [3.63, 3.8) is 0 Å². The van der Waals surface area contributed by atoms with Crippen LogP contribution >= 0.6 is 0 Å². The quantitative estimate of drug-likeness (QED) is 0.728. The van der Waals surface area contributed by atoms with Gasteiger partial charge in [0.15, 0.2) is 0 Å². The van der Waals surface area contributed by atoms with Crippen molar-refractivity contribution < 1.29 is 4.79 Å². The lowest BCUT2D eigenvalue weighted by Gasteiger charge is -2.35. The summed E-state index contributed by atoms with van der Waals surface area (Å²) in [4.78, 5) is 17.4. The Kier molecular flexibility index (Phi) is 3.15. The zero-order chi connectivity index (χ0) is 13.5. The van der Waals surface area contributed by atoms with Gasteiger partial charge in [-0.15, -0.1) is 6.58 Å². The lowest BCUT2D eigenvalue weighted by atomic mass is 9.75. The van der Waals surface area contributed by atoms with E-state index in [0.717, 1.165) is 32.5 Å². The van der Waals surface area contributed by atoms with E-state index < -0.39 is 0 Å². The van der Waals surface area contributed by atoms with Crippen LogP contribution in [0.1, 0.15) is 32.6 Å². The SMILES string of the molecule is C=CCN1C[C@H](C)[C@@]2(CCC=C2N2CCCC2)C1=O. The molecule has 0 unspecified atom stereocenters. The van der Waals surface area contributed by atoms with E-state index in [4.69, 9.17) is 0 Å². The highest BCUT2D eigenvalue weighted by Gasteiger charge is 2.56. The van der Waals surface area contributed by atoms with E-state index in [9.17, 15) is 4.79 Å². The van der Waals surface area contributed by atoms with Crippen LogP contribution in [-0.4, -0.2) is 41.9 Å². The number of amides is 1. The Morgan fingerprint density at radius 2 is 2.21 bits per heavy atom. The van der Waals surface area contributed by atoms with Gasteiger partial charge in [0.1, 0.15) is 0 Å². The summed E-state index contributed by atoms with van der Waals surface area (Å²) in [6, 6.07) is 0. The molecule has 0 aromatic heterocycles. The molecule has 0 bridgehead atoms. The lowest BCUT2D eigenvalue weighted by Crippen LogP contribution is -2.41. The van der Waals surface area contributed by atoms with Crippen molar-refractivity contribution in [1.82, 2.24) is 9.80 Å². The molecule has 0 aromatic rings. The summed E-state index contributed by atoms with van der Waals surface area (Å²) in [6.45, 7) is 9.87. The Hall–Kier alpha value is -1.25. The molecular weight excluding hydrogens is 236 g/mol. The molecule has 2 saturated heterocycles. The molecule has 1 amide bonds. The molecule has 19 heavy (non-hydrogen) atoms. The number of hydrogen-bond acceptors (Lipinski definition) is 2. The van der Waals surface area contributed by atoms with Gasteiger partial charge in [0, 0.05) is 31.9 Å². The van der Waals surface area contributed by atoms with Crippen molar-refractivity contribution in [3.8, 4) is 0 Å². The van der Waals surface area contributed by atoms with Crippen LogP contribution in [0.5, 0.6) is 0 Å². The minimum Gasteiger partial charge on any atom is -0.374 e. The molecule has 3 rings (SSSR count). The van der Waals surface area contributed by atoms with Gasteiger partial charge in [-0.25, -0.2) is 0 Å². The maximum atomic E-state index is 12.9. The van der Waals surface area contributed by atoms with Gasteiger partial charge in [0.05, 0.1) is 5.41 Å². The maximum Gasteiger partial charge on any atom is 0.235 e. The van der Waals surface area contributed by atoms with Crippen LogP contribution in [0, 0.1) is 11.3 Å². The van der Waals surface area contributed by atoms with Crippen molar-refractivity contribution in [2.75, 3.05) is 26.2 Å². The minimum atomic E-state index is -0.215. The zero-order valence-electron chi connectivity index (χ0n) is 11.9. The number of rotatable bonds is 3. The molecule has 104 valence electrons. The second kappa shape index (κ2) is 4.69. The van der Waals surface area contributed by atoms with Gasteiger partial charge in [0.25, 0.3) is 0 Å². The smallest absolute Gasteiger partial charge is 0.235 e. The third kappa shape index (κ3) is 1.74. The predicted octanol–water partition coefficient (Wildman–Crippen LogP) is 2.41. The van der Waals surface area contributed by atoms with Gasteiger partial charge in [-0.3, -0.25) is 4.79 Å². The van der Waals surface area contributed by atoms with E-state index in [2.05, 4.69) is 24.5 Å². The highest BCUT2D eigenvalue weighted by atomic mass is 16.2. The topological polar surface area (TPSA) is 23.6 Å². The lowest BCUT2D eigenvalue weighted by molar-refractivity contribution is -0.135. The number of hydrogen-bond donors (Lipinski definition) is 0. The molecule has 1 aliphatic carbocycles. The van der Waals surface area contributed by atoms with Crippen LogP contribution in [0.2, 0.25) is 0 Å². The van der Waals surface area contributed by atoms with Crippen molar-refractivity contribution >= 4 is 5.91 Å². The number of likely N-dealkylation sites (tertiary alicyclic amines) is 2. The number of carbonyl (C=O) groups is 1. The fraction of sp³-hybridized carbons (Fsp3) is 0.688. The molecule has 2 fully saturated rings. The van der Waals surface area contributed by atoms with Crippen LogP contribution in [0.4, 0.5) is 0 Å². The maximum absolute atomic E-state index is 12.9. The van der Waals surface area contributed by atoms with Gasteiger partial charge < -0.3 is 9.80 Å². The molecule has 0 N–H and O–H groups in total. The van der Waals surface area contributed by atoms with Gasteiger partial charge in [-0.1, -0.05) is 19.1 Å². The summed E-state index contributed by atoms with van der Waals surface area (Å²) in [7, 11) is 0. The van der Waals surface area contributed by atoms with Gasteiger partial charge >= 0.3 is 0 Å². The second-order valence-corrected chi connectivity index (χ2v) is 6.19. The summed E-state index contributed by atoms with van der Waals surface area (Å²) in [5.41, 5.74) is 1.13. The van der Waals surface area contributed by atoms with E-state index in [1.54, 1.807) is 0 Å². The van der Waals surface area contributed by atoms with E-state index in [1.165, 1.54) is 18.5 Å². The molecule has 3 aliphatic rings. The molecule has 0 aromatic carbocycles. The van der Waals surface area contributed by atoms with Crippen LogP contribution in [-0.2, 0) is 4.79 Å². The Morgan fingerprint density at radius 3 is 2.89 bits per heavy atom. The monoisotopic (exact) mass is 260 g/mol. The Balaban J connectivity index is 1.91. The molecule has 0 radical (unpaired) electrons. The second-order valence-electron chi connectivity index (χ2n) is 6.19. The number of allylic oxidation sites excluding steroid dienone is 1. The first-order valence-electron chi connectivity index (χ1n) is 7.56. The van der Waals surface area contributed by atoms with Crippen LogP contribution in [0.25, 0.3) is 0 Å². The van der Waals surface area contributed by atoms with E-state index in [0.29, 0.717) is 18.4 Å². The molecule has 0 saturated carbocycles. The first-order valence-corrected chi connectivity index (χ1v) is 7.56. The molecule has 3 heteroatoms. The first kappa shape index (κ1) is 12.8. The molecule has 1 spiro atoms. The molecule has 3 nitrogen and oxygen atoms in total. The van der Waals surface area contributed by atoms with Crippen LogP contribution in [0.3, 0.4) is 0 Å². The Bertz CT molecular complexity index is 422. The predicted molar refractivity (Wildman–Crippen MR) is 76.5 cm³/mol. The average molecular weight is 260 g/mol. The largest absolute Gasteiger partial charge is 0.374 e. The normalized spacial score (nSPS) is 34.5. The van der Waals surface area contributed by atoms with Crippen LogP contribution in [0.15, 0.2) is 24.4 Å². The Morgan fingerprint density at radius 1 is 1.47 bits per heavy atom. The van der Waals surface area contributed by atoms with Crippen molar-refractivity contribution in [1.29, 1.82) is 0 Å². The number of nitrogens with zero attached hydrogens (tertiary/aromatic N) is 2. The molecule has 2 heterocycles. The number of carbonyl (C=O) groups excluding carboxylic acids is 1. The molecule has 2 aliphatic heterocycles. The van der Waals surface area contributed by atoms with Gasteiger partial charge in [0.2, 0.25) is 5.91 Å². The molecule has 2 atom stereocenters. The fourth-order valence-electron chi connectivity index (χ4n) is 4.21. The summed E-state index contributed by atoms with van der Waals surface area (Å²) in [5, 5.41) is 0. The van der Waals surface area contributed by atoms with Crippen molar-refractivity contribution in [3.05, 3.63) is 24.4 Å². The van der Waals surface area contributed by atoms with Crippen LogP contribution < -0.4 is 0 Å². The third-order valence-electron chi connectivity index (χ3n) is 5.13. The third-order valence-corrected chi connectivity index (χ3v) is 5.13. The minimum absolute atomic E-state index is 0.215.